The maximum absolute atomic E-state index is 13.6. The van der Waals surface area contributed by atoms with Gasteiger partial charge in [-0.15, -0.1) is 0 Å². The number of amides is 1. The molecule has 2 aromatic carbocycles. The van der Waals surface area contributed by atoms with Gasteiger partial charge in [0.05, 0.1) is 28.4 Å². The lowest BCUT2D eigenvalue weighted by molar-refractivity contribution is -0.129. The molecule has 3 aliphatic rings. The van der Waals surface area contributed by atoms with Crippen molar-refractivity contribution >= 4 is 29.1 Å². The van der Waals surface area contributed by atoms with Crippen molar-refractivity contribution in [3.8, 4) is 17.0 Å². The number of rotatable bonds is 6. The molecular weight excluding hydrogens is 480 g/mol. The summed E-state index contributed by atoms with van der Waals surface area (Å²) in [4.78, 5) is 20.6. The quantitative estimate of drug-likeness (QED) is 0.440. The molecule has 0 radical (unpaired) electrons. The fourth-order valence-corrected chi connectivity index (χ4v) is 5.49. The highest BCUT2D eigenvalue weighted by Gasteiger charge is 2.56. The van der Waals surface area contributed by atoms with Crippen molar-refractivity contribution in [3.63, 3.8) is 0 Å². The summed E-state index contributed by atoms with van der Waals surface area (Å²) in [5.41, 5.74) is 0.898. The smallest absolute Gasteiger partial charge is 0.258 e. The van der Waals surface area contributed by atoms with Crippen LogP contribution >= 0.6 is 23.2 Å². The second-order valence-electron chi connectivity index (χ2n) is 9.22. The van der Waals surface area contributed by atoms with Gasteiger partial charge in [-0.25, -0.2) is 9.37 Å². The Labute approximate surface area is 206 Å². The predicted octanol–water partition coefficient (Wildman–Crippen LogP) is 5.03. The third kappa shape index (κ3) is 4.28. The maximum atomic E-state index is 13.6. The minimum atomic E-state index is -0.647. The Balaban J connectivity index is 1.24. The Bertz CT molecular complexity index is 1210. The van der Waals surface area contributed by atoms with E-state index < -0.39 is 22.9 Å². The van der Waals surface area contributed by atoms with E-state index in [4.69, 9.17) is 27.9 Å². The van der Waals surface area contributed by atoms with Crippen LogP contribution in [0.15, 0.2) is 48.7 Å². The van der Waals surface area contributed by atoms with Crippen LogP contribution in [0.2, 0.25) is 10.0 Å². The highest BCUT2D eigenvalue weighted by atomic mass is 35.5. The van der Waals surface area contributed by atoms with E-state index in [-0.39, 0.29) is 23.3 Å². The summed E-state index contributed by atoms with van der Waals surface area (Å²) in [6.45, 7) is -0.243. The number of hydrogen-bond donors (Lipinski definition) is 3. The number of benzene rings is 2. The van der Waals surface area contributed by atoms with Gasteiger partial charge in [0.15, 0.2) is 6.61 Å². The van der Waals surface area contributed by atoms with Crippen LogP contribution in [0.25, 0.3) is 11.3 Å². The fourth-order valence-electron chi connectivity index (χ4n) is 5.25. The number of carbonyl (C=O) groups excluding carboxylic acids is 1. The number of aromatic nitrogens is 2. The molecule has 3 aliphatic carbocycles. The van der Waals surface area contributed by atoms with Crippen LogP contribution in [-0.2, 0) is 10.2 Å². The third-order valence-corrected chi connectivity index (χ3v) is 7.75. The van der Waals surface area contributed by atoms with E-state index in [1.807, 2.05) is 24.3 Å². The molecule has 2 bridgehead atoms. The van der Waals surface area contributed by atoms with Crippen LogP contribution in [0.4, 0.5) is 4.39 Å². The summed E-state index contributed by atoms with van der Waals surface area (Å²) >= 11 is 11.7. The Morgan fingerprint density at radius 2 is 1.91 bits per heavy atom. The third-order valence-electron chi connectivity index (χ3n) is 7.19. The summed E-state index contributed by atoms with van der Waals surface area (Å²) in [6, 6.07) is 11.6. The van der Waals surface area contributed by atoms with Crippen molar-refractivity contribution in [2.75, 3.05) is 6.61 Å². The normalized spacial score (nSPS) is 25.8. The van der Waals surface area contributed by atoms with Gasteiger partial charge in [-0.3, -0.25) is 4.79 Å². The molecule has 0 saturated heterocycles. The lowest BCUT2D eigenvalue weighted by atomic mass is 9.55. The average molecular weight is 504 g/mol. The number of halogens is 3. The lowest BCUT2D eigenvalue weighted by Crippen LogP contribution is -2.64. The highest BCUT2D eigenvalue weighted by molar-refractivity contribution is 6.31. The van der Waals surface area contributed by atoms with Gasteiger partial charge in [-0.05, 0) is 61.9 Å². The molecule has 0 aliphatic heterocycles. The largest absolute Gasteiger partial charge is 0.484 e. The van der Waals surface area contributed by atoms with Crippen LogP contribution in [0, 0.1) is 5.82 Å². The van der Waals surface area contributed by atoms with Crippen molar-refractivity contribution in [1.82, 2.24) is 15.3 Å². The number of carbonyl (C=O) groups is 1. The topological polar surface area (TPSA) is 87.2 Å². The first-order valence-corrected chi connectivity index (χ1v) is 11.9. The van der Waals surface area contributed by atoms with Crippen LogP contribution in [0.1, 0.15) is 37.9 Å². The van der Waals surface area contributed by atoms with E-state index in [0.717, 1.165) is 36.0 Å². The number of ether oxygens (including phenoxy) is 1. The molecule has 178 valence electrons. The average Bonchev–Trinajstić information content (AvgIpc) is 3.32. The molecule has 34 heavy (non-hydrogen) atoms. The molecule has 6 rings (SSSR count). The van der Waals surface area contributed by atoms with Crippen molar-refractivity contribution in [3.05, 3.63) is 70.3 Å². The van der Waals surface area contributed by atoms with Crippen molar-refractivity contribution in [2.24, 2.45) is 0 Å². The maximum Gasteiger partial charge on any atom is 0.258 e. The van der Waals surface area contributed by atoms with Gasteiger partial charge in [-0.2, -0.15) is 0 Å². The number of hydrogen-bond acceptors (Lipinski definition) is 4. The Morgan fingerprint density at radius 3 is 2.59 bits per heavy atom. The number of H-pyrrole nitrogens is 1. The zero-order chi connectivity index (χ0) is 23.9. The number of nitrogens with zero attached hydrogens (tertiary/aromatic N) is 1. The first kappa shape index (κ1) is 23.1. The second-order valence-corrected chi connectivity index (χ2v) is 10.1. The van der Waals surface area contributed by atoms with Crippen molar-refractivity contribution in [2.45, 2.75) is 49.2 Å². The van der Waals surface area contributed by atoms with Gasteiger partial charge >= 0.3 is 0 Å². The van der Waals surface area contributed by atoms with Gasteiger partial charge in [0.2, 0.25) is 0 Å². The van der Waals surface area contributed by atoms with Gasteiger partial charge < -0.3 is 20.1 Å². The van der Waals surface area contributed by atoms with Crippen molar-refractivity contribution < 1.29 is 19.0 Å². The Hall–Kier alpha value is -2.61. The number of imidazole rings is 1. The van der Waals surface area contributed by atoms with E-state index in [2.05, 4.69) is 15.3 Å². The van der Waals surface area contributed by atoms with Crippen LogP contribution in [0.3, 0.4) is 0 Å². The monoisotopic (exact) mass is 503 g/mol. The van der Waals surface area contributed by atoms with Gasteiger partial charge in [0, 0.05) is 16.6 Å². The first-order chi connectivity index (χ1) is 16.3. The number of aliphatic hydroxyl groups is 1. The summed E-state index contributed by atoms with van der Waals surface area (Å²) < 4.78 is 19.0. The van der Waals surface area contributed by atoms with E-state index in [0.29, 0.717) is 24.3 Å². The highest BCUT2D eigenvalue weighted by Crippen LogP contribution is 2.53. The van der Waals surface area contributed by atoms with Crippen LogP contribution < -0.4 is 10.1 Å². The molecule has 1 amide bonds. The molecule has 3 saturated carbocycles. The number of fused-ring (bicyclic) bond motifs is 3. The summed E-state index contributed by atoms with van der Waals surface area (Å²) in [7, 11) is 0. The zero-order valence-corrected chi connectivity index (χ0v) is 19.8. The number of aromatic amines is 1. The molecule has 3 aromatic rings. The number of nitrogens with one attached hydrogen (secondary N) is 2. The van der Waals surface area contributed by atoms with E-state index >= 15 is 0 Å². The molecular formula is C25H24Cl2FN3O3. The van der Waals surface area contributed by atoms with Crippen LogP contribution in [-0.4, -0.2) is 39.2 Å². The van der Waals surface area contributed by atoms with Gasteiger partial charge in [0.1, 0.15) is 17.4 Å². The Morgan fingerprint density at radius 1 is 1.18 bits per heavy atom. The van der Waals surface area contributed by atoms with Gasteiger partial charge in [0.25, 0.3) is 5.91 Å². The molecule has 3 N–H and O–H groups in total. The van der Waals surface area contributed by atoms with E-state index in [1.165, 1.54) is 12.1 Å². The standard InChI is InChI=1S/C25H24Cl2FN3O3/c26-16-3-1-15(2-4-16)20-13-29-23(30-20)25-9-7-24(8-10-25,12-21(25)32)31-22(33)14-34-17-5-6-18(27)19(28)11-17/h1-6,11,13,21,32H,7-10,12,14H2,(H,29,30)(H,31,33)/t21-,24?,25?/m1/s1. The molecule has 9 heteroatoms. The van der Waals surface area contributed by atoms with Crippen molar-refractivity contribution in [1.29, 1.82) is 0 Å². The first-order valence-electron chi connectivity index (χ1n) is 11.2. The molecule has 1 atom stereocenters. The van der Waals surface area contributed by atoms with E-state index in [9.17, 15) is 14.3 Å². The zero-order valence-electron chi connectivity index (χ0n) is 18.3. The molecule has 3 fully saturated rings. The summed E-state index contributed by atoms with van der Waals surface area (Å²) in [6.07, 6.45) is 4.42. The molecule has 0 unspecified atom stereocenters. The SMILES string of the molecule is O=C(COc1ccc(Cl)c(F)c1)NC12CCC(c3ncc(-c4ccc(Cl)cc4)[nH]3)(CC1)[C@H](O)C2. The minimum Gasteiger partial charge on any atom is -0.484 e. The van der Waals surface area contributed by atoms with E-state index in [1.54, 1.807) is 6.20 Å². The second kappa shape index (κ2) is 8.87. The lowest BCUT2D eigenvalue weighted by Gasteiger charge is -2.55. The molecule has 1 aromatic heterocycles. The fraction of sp³-hybridized carbons (Fsp3) is 0.360. The summed E-state index contributed by atoms with van der Waals surface area (Å²) in [5, 5.41) is 14.9. The molecule has 6 nitrogen and oxygen atoms in total. The summed E-state index contributed by atoms with van der Waals surface area (Å²) in [5.74, 6) is 0.0993. The predicted molar refractivity (Wildman–Crippen MR) is 128 cm³/mol. The Kier molecular flexibility index (Phi) is 6.04. The van der Waals surface area contributed by atoms with Gasteiger partial charge in [-0.1, -0.05) is 35.3 Å². The molecule has 0 spiro atoms. The molecule has 1 heterocycles. The van der Waals surface area contributed by atoms with Crippen LogP contribution in [0.5, 0.6) is 5.75 Å². The number of aliphatic hydroxyl groups excluding tert-OH is 1. The minimum absolute atomic E-state index is 0.00517.